The molecular weight excluding hydrogens is 448 g/mol. The lowest BCUT2D eigenvalue weighted by molar-refractivity contribution is 0.123. The topological polar surface area (TPSA) is 65.4 Å². The molecule has 1 amide bonds. The van der Waals surface area contributed by atoms with Gasteiger partial charge in [-0.1, -0.05) is 36.4 Å². The van der Waals surface area contributed by atoms with Crippen molar-refractivity contribution in [2.45, 2.75) is 18.8 Å². The first-order valence-corrected chi connectivity index (χ1v) is 11.6. The molecule has 1 atom stereocenters. The standard InChI is InChI=1S/C28H27F2N3O2/c1-33-13-11-22(12-14-33)25(18-35-28(34)32-27-16-24(29)9-10-26(27)30)21-7-5-20(6-8-21)23-4-2-3-19(15-23)17-31/h2-10,15-16,22,25H,11-14,18H2,1H3,(H,32,34). The summed E-state index contributed by atoms with van der Waals surface area (Å²) in [5.41, 5.74) is 3.34. The maximum absolute atomic E-state index is 13.9. The van der Waals surface area contributed by atoms with Crippen LogP contribution >= 0.6 is 0 Å². The number of halogens is 2. The number of carbonyl (C=O) groups excluding carboxylic acids is 1. The fourth-order valence-electron chi connectivity index (χ4n) is 4.53. The summed E-state index contributed by atoms with van der Waals surface area (Å²) >= 11 is 0. The lowest BCUT2D eigenvalue weighted by Gasteiger charge is -2.34. The van der Waals surface area contributed by atoms with E-state index in [4.69, 9.17) is 4.74 Å². The molecule has 35 heavy (non-hydrogen) atoms. The van der Waals surface area contributed by atoms with Crippen LogP contribution in [0.5, 0.6) is 0 Å². The van der Waals surface area contributed by atoms with E-state index in [1.54, 1.807) is 6.07 Å². The van der Waals surface area contributed by atoms with Crippen LogP contribution < -0.4 is 5.32 Å². The largest absolute Gasteiger partial charge is 0.449 e. The van der Waals surface area contributed by atoms with Crippen LogP contribution in [0.25, 0.3) is 11.1 Å². The third-order valence-electron chi connectivity index (χ3n) is 6.56. The zero-order valence-electron chi connectivity index (χ0n) is 19.5. The third-order valence-corrected chi connectivity index (χ3v) is 6.56. The summed E-state index contributed by atoms with van der Waals surface area (Å²) in [5, 5.41) is 11.5. The number of amides is 1. The van der Waals surface area contributed by atoms with Crippen LogP contribution in [0, 0.1) is 28.9 Å². The minimum atomic E-state index is -0.822. The molecule has 180 valence electrons. The minimum absolute atomic E-state index is 0.0358. The molecule has 0 aromatic heterocycles. The Balaban J connectivity index is 1.50. The van der Waals surface area contributed by atoms with E-state index in [0.717, 1.165) is 60.8 Å². The van der Waals surface area contributed by atoms with Gasteiger partial charge in [0.25, 0.3) is 0 Å². The summed E-state index contributed by atoms with van der Waals surface area (Å²) in [6, 6.07) is 20.6. The highest BCUT2D eigenvalue weighted by atomic mass is 19.1. The predicted molar refractivity (Wildman–Crippen MR) is 131 cm³/mol. The van der Waals surface area contributed by atoms with Crippen LogP contribution in [-0.2, 0) is 4.74 Å². The Kier molecular flexibility index (Phi) is 7.74. The summed E-state index contributed by atoms with van der Waals surface area (Å²) in [6.07, 6.45) is 1.12. The van der Waals surface area contributed by atoms with Crippen LogP contribution in [0.1, 0.15) is 29.9 Å². The Bertz CT molecular complexity index is 1220. The van der Waals surface area contributed by atoms with Crippen molar-refractivity contribution in [3.05, 3.63) is 89.5 Å². The van der Waals surface area contributed by atoms with Gasteiger partial charge in [-0.05, 0) is 79.9 Å². The molecule has 1 N–H and O–H groups in total. The SMILES string of the molecule is CN1CCC(C(COC(=O)Nc2cc(F)ccc2F)c2ccc(-c3cccc(C#N)c3)cc2)CC1. The average Bonchev–Trinajstić information content (AvgIpc) is 2.88. The number of nitriles is 1. The molecule has 7 heteroatoms. The number of nitrogens with zero attached hydrogens (tertiary/aromatic N) is 2. The van der Waals surface area contributed by atoms with E-state index in [0.29, 0.717) is 11.5 Å². The highest BCUT2D eigenvalue weighted by Gasteiger charge is 2.28. The molecule has 0 saturated carbocycles. The van der Waals surface area contributed by atoms with Gasteiger partial charge in [0, 0.05) is 12.0 Å². The second-order valence-electron chi connectivity index (χ2n) is 8.91. The second kappa shape index (κ2) is 11.1. The fourth-order valence-corrected chi connectivity index (χ4v) is 4.53. The average molecular weight is 476 g/mol. The Labute approximate surface area is 203 Å². The third kappa shape index (κ3) is 6.23. The van der Waals surface area contributed by atoms with Gasteiger partial charge in [-0.25, -0.2) is 13.6 Å². The molecule has 1 fully saturated rings. The number of likely N-dealkylation sites (tertiary alicyclic amines) is 1. The molecule has 4 rings (SSSR count). The number of benzene rings is 3. The number of hydrogen-bond acceptors (Lipinski definition) is 4. The van der Waals surface area contributed by atoms with Gasteiger partial charge in [-0.15, -0.1) is 0 Å². The first kappa shape index (κ1) is 24.4. The fraction of sp³-hybridized carbons (Fsp3) is 0.286. The number of hydrogen-bond donors (Lipinski definition) is 1. The molecule has 1 saturated heterocycles. The van der Waals surface area contributed by atoms with Gasteiger partial charge in [-0.2, -0.15) is 5.26 Å². The quantitative estimate of drug-likeness (QED) is 0.463. The highest BCUT2D eigenvalue weighted by molar-refractivity contribution is 5.84. The molecule has 3 aromatic carbocycles. The van der Waals surface area contributed by atoms with E-state index in [1.807, 2.05) is 42.5 Å². The van der Waals surface area contributed by atoms with Crippen molar-refractivity contribution in [3.63, 3.8) is 0 Å². The normalized spacial score (nSPS) is 15.3. The predicted octanol–water partition coefficient (Wildman–Crippen LogP) is 6.18. The molecule has 1 heterocycles. The first-order valence-electron chi connectivity index (χ1n) is 11.6. The first-order chi connectivity index (χ1) is 16.9. The number of nitrogens with one attached hydrogen (secondary N) is 1. The molecule has 0 radical (unpaired) electrons. The molecule has 0 aliphatic carbocycles. The molecule has 3 aromatic rings. The number of rotatable bonds is 6. The summed E-state index contributed by atoms with van der Waals surface area (Å²) < 4.78 is 32.8. The maximum Gasteiger partial charge on any atom is 0.411 e. The van der Waals surface area contributed by atoms with Crippen LogP contribution in [0.2, 0.25) is 0 Å². The molecule has 5 nitrogen and oxygen atoms in total. The van der Waals surface area contributed by atoms with Crippen LogP contribution in [-0.4, -0.2) is 37.7 Å². The van der Waals surface area contributed by atoms with E-state index < -0.39 is 17.7 Å². The van der Waals surface area contributed by atoms with E-state index >= 15 is 0 Å². The zero-order valence-corrected chi connectivity index (χ0v) is 19.5. The Morgan fingerprint density at radius 2 is 1.83 bits per heavy atom. The van der Waals surface area contributed by atoms with Crippen molar-refractivity contribution in [2.24, 2.45) is 5.92 Å². The van der Waals surface area contributed by atoms with E-state index in [-0.39, 0.29) is 18.2 Å². The monoisotopic (exact) mass is 475 g/mol. The minimum Gasteiger partial charge on any atom is -0.449 e. The highest BCUT2D eigenvalue weighted by Crippen LogP contribution is 2.34. The summed E-state index contributed by atoms with van der Waals surface area (Å²) in [7, 11) is 2.09. The van der Waals surface area contributed by atoms with Crippen molar-refractivity contribution in [1.29, 1.82) is 5.26 Å². The van der Waals surface area contributed by atoms with Gasteiger partial charge < -0.3 is 9.64 Å². The molecule has 0 bridgehead atoms. The van der Waals surface area contributed by atoms with Gasteiger partial charge in [-0.3, -0.25) is 5.32 Å². The molecule has 0 spiro atoms. The van der Waals surface area contributed by atoms with Crippen LogP contribution in [0.4, 0.5) is 19.3 Å². The van der Waals surface area contributed by atoms with Crippen molar-refractivity contribution < 1.29 is 18.3 Å². The summed E-state index contributed by atoms with van der Waals surface area (Å²) in [6.45, 7) is 2.04. The van der Waals surface area contributed by atoms with Crippen molar-refractivity contribution >= 4 is 11.8 Å². The van der Waals surface area contributed by atoms with Gasteiger partial charge in [0.05, 0.1) is 17.3 Å². The number of carbonyl (C=O) groups is 1. The lowest BCUT2D eigenvalue weighted by atomic mass is 9.80. The Morgan fingerprint density at radius 1 is 1.09 bits per heavy atom. The molecule has 1 aliphatic heterocycles. The van der Waals surface area contributed by atoms with Gasteiger partial charge in [0.2, 0.25) is 0 Å². The van der Waals surface area contributed by atoms with Gasteiger partial charge in [0.15, 0.2) is 0 Å². The molecule has 1 aliphatic rings. The lowest BCUT2D eigenvalue weighted by Crippen LogP contribution is -2.34. The van der Waals surface area contributed by atoms with E-state index in [2.05, 4.69) is 23.3 Å². The Hall–Kier alpha value is -3.76. The number of piperidine rings is 1. The molecular formula is C28H27F2N3O2. The number of ether oxygens (including phenoxy) is 1. The van der Waals surface area contributed by atoms with Crippen LogP contribution in [0.15, 0.2) is 66.7 Å². The van der Waals surface area contributed by atoms with E-state index in [9.17, 15) is 18.8 Å². The smallest absolute Gasteiger partial charge is 0.411 e. The van der Waals surface area contributed by atoms with Crippen molar-refractivity contribution in [2.75, 3.05) is 32.1 Å². The van der Waals surface area contributed by atoms with Crippen molar-refractivity contribution in [3.8, 4) is 17.2 Å². The second-order valence-corrected chi connectivity index (χ2v) is 8.91. The maximum atomic E-state index is 13.9. The number of anilines is 1. The zero-order chi connectivity index (χ0) is 24.8. The van der Waals surface area contributed by atoms with Crippen molar-refractivity contribution in [1.82, 2.24) is 4.90 Å². The molecule has 1 unspecified atom stereocenters. The van der Waals surface area contributed by atoms with E-state index in [1.165, 1.54) is 0 Å². The Morgan fingerprint density at radius 3 is 2.54 bits per heavy atom. The summed E-state index contributed by atoms with van der Waals surface area (Å²) in [4.78, 5) is 14.7. The van der Waals surface area contributed by atoms with Gasteiger partial charge in [0.1, 0.15) is 18.2 Å². The van der Waals surface area contributed by atoms with Gasteiger partial charge >= 0.3 is 6.09 Å². The van der Waals surface area contributed by atoms with Crippen LogP contribution in [0.3, 0.4) is 0 Å². The summed E-state index contributed by atoms with van der Waals surface area (Å²) in [5.74, 6) is -1.10.